The number of ether oxygens (including phenoxy) is 1. The van der Waals surface area contributed by atoms with Crippen LogP contribution in [0.25, 0.3) is 11.5 Å². The average Bonchev–Trinajstić information content (AvgIpc) is 3.17. The monoisotopic (exact) mass is 417 g/mol. The topological polar surface area (TPSA) is 68.5 Å². The average molecular weight is 418 g/mol. The summed E-state index contributed by atoms with van der Waals surface area (Å²) in [6, 6.07) is 14.8. The predicted octanol–water partition coefficient (Wildman–Crippen LogP) is 4.54. The highest BCUT2D eigenvalue weighted by atomic mass is 35.5. The number of carbonyl (C=O) groups is 1. The van der Waals surface area contributed by atoms with Gasteiger partial charge in [0.1, 0.15) is 5.75 Å². The molecule has 1 amide bonds. The molecule has 6 nitrogen and oxygen atoms in total. The van der Waals surface area contributed by atoms with Crippen LogP contribution in [0.2, 0.25) is 5.02 Å². The molecular formula is C20H20ClN3O3S. The van der Waals surface area contributed by atoms with Gasteiger partial charge in [-0.1, -0.05) is 35.5 Å². The second kappa shape index (κ2) is 9.61. The molecule has 0 aliphatic heterocycles. The largest absolute Gasteiger partial charge is 0.494 e. The van der Waals surface area contributed by atoms with Crippen LogP contribution in [0.15, 0.2) is 58.2 Å². The number of carbonyl (C=O) groups excluding carboxylic acids is 1. The summed E-state index contributed by atoms with van der Waals surface area (Å²) in [5.41, 5.74) is 1.81. The summed E-state index contributed by atoms with van der Waals surface area (Å²) in [5.74, 6) is 1.42. The highest BCUT2D eigenvalue weighted by molar-refractivity contribution is 7.99. The smallest absolute Gasteiger partial charge is 0.277 e. The van der Waals surface area contributed by atoms with E-state index in [1.54, 1.807) is 36.2 Å². The minimum absolute atomic E-state index is 0.0230. The number of rotatable bonds is 8. The van der Waals surface area contributed by atoms with Crippen molar-refractivity contribution in [1.29, 1.82) is 0 Å². The first-order chi connectivity index (χ1) is 13.5. The molecule has 1 heterocycles. The Kier molecular flexibility index (Phi) is 6.95. The SMILES string of the molecule is CCOc1ccc(CN(C)C(=O)CSc2nnc(-c3ccc(Cl)cc3)o2)cc1. The maximum Gasteiger partial charge on any atom is 0.277 e. The Morgan fingerprint density at radius 3 is 2.54 bits per heavy atom. The molecule has 0 fully saturated rings. The molecule has 2 aromatic carbocycles. The normalized spacial score (nSPS) is 10.7. The Labute approximate surface area is 172 Å². The second-order valence-electron chi connectivity index (χ2n) is 6.00. The fraction of sp³-hybridized carbons (Fsp3) is 0.250. The lowest BCUT2D eigenvalue weighted by Gasteiger charge is -2.17. The van der Waals surface area contributed by atoms with Crippen molar-refractivity contribution < 1.29 is 13.9 Å². The first-order valence-corrected chi connectivity index (χ1v) is 10.1. The molecule has 3 rings (SSSR count). The van der Waals surface area contributed by atoms with Crippen molar-refractivity contribution in [2.45, 2.75) is 18.7 Å². The van der Waals surface area contributed by atoms with Gasteiger partial charge in [0.05, 0.1) is 12.4 Å². The van der Waals surface area contributed by atoms with Crippen LogP contribution in [0.5, 0.6) is 5.75 Å². The molecule has 0 bridgehead atoms. The van der Waals surface area contributed by atoms with Crippen molar-refractivity contribution in [3.8, 4) is 17.2 Å². The maximum atomic E-state index is 12.4. The fourth-order valence-corrected chi connectivity index (χ4v) is 3.26. The maximum absolute atomic E-state index is 12.4. The van der Waals surface area contributed by atoms with Crippen molar-refractivity contribution in [2.24, 2.45) is 0 Å². The lowest BCUT2D eigenvalue weighted by Crippen LogP contribution is -2.27. The van der Waals surface area contributed by atoms with Crippen LogP contribution in [-0.2, 0) is 11.3 Å². The number of halogens is 1. The Balaban J connectivity index is 1.51. The van der Waals surface area contributed by atoms with Gasteiger partial charge in [0.25, 0.3) is 5.22 Å². The highest BCUT2D eigenvalue weighted by Crippen LogP contribution is 2.24. The summed E-state index contributed by atoms with van der Waals surface area (Å²) in [4.78, 5) is 14.0. The summed E-state index contributed by atoms with van der Waals surface area (Å²) in [6.07, 6.45) is 0. The van der Waals surface area contributed by atoms with E-state index in [1.165, 1.54) is 11.8 Å². The van der Waals surface area contributed by atoms with Crippen LogP contribution in [0, 0.1) is 0 Å². The first-order valence-electron chi connectivity index (χ1n) is 8.73. The molecule has 3 aromatic rings. The molecule has 0 N–H and O–H groups in total. The van der Waals surface area contributed by atoms with E-state index in [-0.39, 0.29) is 11.7 Å². The minimum atomic E-state index is -0.0230. The van der Waals surface area contributed by atoms with Crippen molar-refractivity contribution >= 4 is 29.3 Å². The van der Waals surface area contributed by atoms with Gasteiger partial charge in [-0.15, -0.1) is 10.2 Å². The van der Waals surface area contributed by atoms with Gasteiger partial charge in [0.2, 0.25) is 11.8 Å². The fourth-order valence-electron chi connectivity index (χ4n) is 2.43. The Bertz CT molecular complexity index is 913. The van der Waals surface area contributed by atoms with Gasteiger partial charge in [0.15, 0.2) is 0 Å². The van der Waals surface area contributed by atoms with Crippen molar-refractivity contribution in [1.82, 2.24) is 15.1 Å². The molecular weight excluding hydrogens is 398 g/mol. The Hall–Kier alpha value is -2.51. The number of benzene rings is 2. The number of thioether (sulfide) groups is 1. The highest BCUT2D eigenvalue weighted by Gasteiger charge is 2.14. The van der Waals surface area contributed by atoms with Gasteiger partial charge in [-0.3, -0.25) is 4.79 Å². The summed E-state index contributed by atoms with van der Waals surface area (Å²) in [7, 11) is 1.77. The van der Waals surface area contributed by atoms with E-state index in [2.05, 4.69) is 10.2 Å². The molecule has 0 atom stereocenters. The first kappa shape index (κ1) is 20.2. The van der Waals surface area contributed by atoms with E-state index in [0.717, 1.165) is 16.9 Å². The minimum Gasteiger partial charge on any atom is -0.494 e. The van der Waals surface area contributed by atoms with Crippen LogP contribution in [0.1, 0.15) is 12.5 Å². The quantitative estimate of drug-likeness (QED) is 0.501. The van der Waals surface area contributed by atoms with Gasteiger partial charge in [-0.2, -0.15) is 0 Å². The third kappa shape index (κ3) is 5.50. The van der Waals surface area contributed by atoms with E-state index in [9.17, 15) is 4.79 Å². The zero-order valence-electron chi connectivity index (χ0n) is 15.6. The zero-order valence-corrected chi connectivity index (χ0v) is 17.2. The van der Waals surface area contributed by atoms with E-state index in [1.807, 2.05) is 31.2 Å². The Morgan fingerprint density at radius 2 is 1.86 bits per heavy atom. The molecule has 0 unspecified atom stereocenters. The number of hydrogen-bond donors (Lipinski definition) is 0. The van der Waals surface area contributed by atoms with Crippen LogP contribution in [0.4, 0.5) is 0 Å². The lowest BCUT2D eigenvalue weighted by molar-refractivity contribution is -0.127. The number of hydrogen-bond acceptors (Lipinski definition) is 6. The number of amides is 1. The molecule has 146 valence electrons. The van der Waals surface area contributed by atoms with Gasteiger partial charge >= 0.3 is 0 Å². The Morgan fingerprint density at radius 1 is 1.14 bits per heavy atom. The second-order valence-corrected chi connectivity index (χ2v) is 7.36. The van der Waals surface area contributed by atoms with E-state index < -0.39 is 0 Å². The van der Waals surface area contributed by atoms with Crippen molar-refractivity contribution in [3.63, 3.8) is 0 Å². The molecule has 0 spiro atoms. The lowest BCUT2D eigenvalue weighted by atomic mass is 10.2. The van der Waals surface area contributed by atoms with Crippen LogP contribution in [-0.4, -0.2) is 40.4 Å². The summed E-state index contributed by atoms with van der Waals surface area (Å²) >= 11 is 7.10. The summed E-state index contributed by atoms with van der Waals surface area (Å²) < 4.78 is 11.0. The molecule has 0 aliphatic carbocycles. The molecule has 0 saturated heterocycles. The van der Waals surface area contributed by atoms with Gasteiger partial charge in [-0.05, 0) is 48.9 Å². The van der Waals surface area contributed by atoms with Crippen LogP contribution >= 0.6 is 23.4 Å². The molecule has 0 radical (unpaired) electrons. The van der Waals surface area contributed by atoms with E-state index in [0.29, 0.717) is 29.3 Å². The van der Waals surface area contributed by atoms with Crippen molar-refractivity contribution in [2.75, 3.05) is 19.4 Å². The molecule has 28 heavy (non-hydrogen) atoms. The van der Waals surface area contributed by atoms with Crippen molar-refractivity contribution in [3.05, 3.63) is 59.1 Å². The van der Waals surface area contributed by atoms with Crippen LogP contribution < -0.4 is 4.74 Å². The van der Waals surface area contributed by atoms with Gasteiger partial charge in [-0.25, -0.2) is 0 Å². The predicted molar refractivity (Wildman–Crippen MR) is 110 cm³/mol. The number of nitrogens with zero attached hydrogens (tertiary/aromatic N) is 3. The van der Waals surface area contributed by atoms with E-state index in [4.69, 9.17) is 20.8 Å². The third-order valence-electron chi connectivity index (χ3n) is 3.90. The summed E-state index contributed by atoms with van der Waals surface area (Å²) in [5, 5.41) is 8.99. The van der Waals surface area contributed by atoms with Gasteiger partial charge in [0, 0.05) is 24.2 Å². The molecule has 0 aliphatic rings. The van der Waals surface area contributed by atoms with E-state index >= 15 is 0 Å². The molecule has 8 heteroatoms. The summed E-state index contributed by atoms with van der Waals surface area (Å²) in [6.45, 7) is 3.09. The standard InChI is InChI=1S/C20H20ClN3O3S/c1-3-26-17-10-4-14(5-11-17)12-24(2)18(25)13-28-20-23-22-19(27-20)15-6-8-16(21)9-7-15/h4-11H,3,12-13H2,1-2H3. The molecule has 1 aromatic heterocycles. The van der Waals surface area contributed by atoms with Gasteiger partial charge < -0.3 is 14.1 Å². The number of aromatic nitrogens is 2. The third-order valence-corrected chi connectivity index (χ3v) is 4.95. The van der Waals surface area contributed by atoms with Crippen LogP contribution in [0.3, 0.4) is 0 Å². The molecule has 0 saturated carbocycles. The zero-order chi connectivity index (χ0) is 19.9.